The van der Waals surface area contributed by atoms with Crippen molar-refractivity contribution in [2.45, 2.75) is 47.7 Å². The summed E-state index contributed by atoms with van der Waals surface area (Å²) in [4.78, 5) is 31.9. The van der Waals surface area contributed by atoms with Crippen LogP contribution in [0.1, 0.15) is 47.7 Å². The van der Waals surface area contributed by atoms with Crippen molar-refractivity contribution in [1.82, 2.24) is 35.4 Å². The van der Waals surface area contributed by atoms with E-state index in [0.29, 0.717) is 40.4 Å². The number of anilines is 3. The number of amides is 1. The number of nitrogens with one attached hydrogen (secondary N) is 3. The molecule has 2 aliphatic carbocycles. The summed E-state index contributed by atoms with van der Waals surface area (Å²) in [7, 11) is 2.13. The Labute approximate surface area is 208 Å². The van der Waals surface area contributed by atoms with Crippen molar-refractivity contribution in [2.75, 3.05) is 43.4 Å². The predicted molar refractivity (Wildman–Crippen MR) is 134 cm³/mol. The molecule has 3 fully saturated rings. The van der Waals surface area contributed by atoms with E-state index >= 15 is 0 Å². The van der Waals surface area contributed by atoms with Crippen molar-refractivity contribution < 1.29 is 4.79 Å². The highest BCUT2D eigenvalue weighted by molar-refractivity contribution is 7.99. The molecular weight excluding hydrogens is 462 g/mol. The number of likely N-dealkylation sites (N-methyl/N-ethyl adjacent to an activating group) is 1. The molecular formula is C24H29N9OS. The molecule has 1 saturated heterocycles. The van der Waals surface area contributed by atoms with E-state index in [4.69, 9.17) is 9.97 Å². The number of hydrogen-bond acceptors (Lipinski definition) is 9. The summed E-state index contributed by atoms with van der Waals surface area (Å²) in [5, 5.41) is 14.4. The van der Waals surface area contributed by atoms with Crippen LogP contribution in [0.25, 0.3) is 0 Å². The summed E-state index contributed by atoms with van der Waals surface area (Å²) >= 11 is 1.46. The van der Waals surface area contributed by atoms with Gasteiger partial charge in [-0.3, -0.25) is 9.89 Å². The molecule has 35 heavy (non-hydrogen) atoms. The van der Waals surface area contributed by atoms with Crippen molar-refractivity contribution in [3.05, 3.63) is 41.6 Å². The minimum Gasteiger partial charge on any atom is -0.349 e. The fraction of sp³-hybridized carbons (Fsp3) is 0.458. The lowest BCUT2D eigenvalue weighted by atomic mass is 10.2. The third-order valence-corrected chi connectivity index (χ3v) is 7.36. The van der Waals surface area contributed by atoms with E-state index < -0.39 is 0 Å². The van der Waals surface area contributed by atoms with Crippen LogP contribution in [0, 0.1) is 0 Å². The molecule has 0 radical (unpaired) electrons. The summed E-state index contributed by atoms with van der Waals surface area (Å²) in [6.45, 7) is 3.66. The van der Waals surface area contributed by atoms with Crippen LogP contribution in [0.15, 0.2) is 40.4 Å². The number of benzene rings is 1. The Kier molecular flexibility index (Phi) is 6.03. The van der Waals surface area contributed by atoms with Gasteiger partial charge in [-0.1, -0.05) is 0 Å². The number of carbonyl (C=O) groups is 1. The highest BCUT2D eigenvalue weighted by Gasteiger charge is 2.26. The SMILES string of the molecule is CN1CCN(c2nc(Nc3cc(C4CC4)[nH]n3)nc(Sc3ccc(C(=O)NC4CC4)cc3)n2)CC1. The van der Waals surface area contributed by atoms with Gasteiger partial charge >= 0.3 is 0 Å². The molecule has 6 rings (SSSR count). The molecule has 2 saturated carbocycles. The summed E-state index contributed by atoms with van der Waals surface area (Å²) < 4.78 is 0. The second kappa shape index (κ2) is 9.46. The zero-order valence-electron chi connectivity index (χ0n) is 19.7. The van der Waals surface area contributed by atoms with Crippen LogP contribution in [0.5, 0.6) is 0 Å². The number of hydrogen-bond donors (Lipinski definition) is 3. The Morgan fingerprint density at radius 3 is 2.51 bits per heavy atom. The van der Waals surface area contributed by atoms with Gasteiger partial charge in [0, 0.05) is 60.4 Å². The lowest BCUT2D eigenvalue weighted by molar-refractivity contribution is 0.0951. The van der Waals surface area contributed by atoms with Crippen molar-refractivity contribution in [3.8, 4) is 0 Å². The quantitative estimate of drug-likeness (QED) is 0.437. The third kappa shape index (κ3) is 5.57. The van der Waals surface area contributed by atoms with Crippen LogP contribution in [0.2, 0.25) is 0 Å². The first kappa shape index (κ1) is 22.3. The van der Waals surface area contributed by atoms with Gasteiger partial charge in [0.15, 0.2) is 11.0 Å². The monoisotopic (exact) mass is 491 g/mol. The van der Waals surface area contributed by atoms with Crippen molar-refractivity contribution in [3.63, 3.8) is 0 Å². The number of aromatic amines is 1. The summed E-state index contributed by atoms with van der Waals surface area (Å²) in [5.41, 5.74) is 1.82. The van der Waals surface area contributed by atoms with Crippen LogP contribution >= 0.6 is 11.8 Å². The van der Waals surface area contributed by atoms with Crippen LogP contribution < -0.4 is 15.5 Å². The van der Waals surface area contributed by atoms with Crippen LogP contribution in [0.4, 0.5) is 17.7 Å². The number of nitrogens with zero attached hydrogens (tertiary/aromatic N) is 6. The molecule has 11 heteroatoms. The average Bonchev–Trinajstić information content (AvgIpc) is 3.80. The lowest BCUT2D eigenvalue weighted by Gasteiger charge is -2.32. The van der Waals surface area contributed by atoms with E-state index in [9.17, 15) is 4.79 Å². The van der Waals surface area contributed by atoms with Gasteiger partial charge in [0.1, 0.15) is 0 Å². The molecule has 0 spiro atoms. The molecule has 2 aromatic heterocycles. The maximum Gasteiger partial charge on any atom is 0.251 e. The number of H-pyrrole nitrogens is 1. The number of carbonyl (C=O) groups excluding carboxylic acids is 1. The van der Waals surface area contributed by atoms with Crippen molar-refractivity contribution in [2.24, 2.45) is 0 Å². The van der Waals surface area contributed by atoms with Gasteiger partial charge in [0.05, 0.1) is 0 Å². The number of aromatic nitrogens is 5. The Balaban J connectivity index is 1.22. The van der Waals surface area contributed by atoms with E-state index in [1.54, 1.807) is 0 Å². The zero-order valence-corrected chi connectivity index (χ0v) is 20.5. The summed E-state index contributed by atoms with van der Waals surface area (Å²) in [6.07, 6.45) is 4.57. The maximum atomic E-state index is 12.3. The minimum atomic E-state index is -0.0161. The molecule has 1 aliphatic heterocycles. The number of piperazine rings is 1. The molecule has 182 valence electrons. The van der Waals surface area contributed by atoms with Crippen LogP contribution in [-0.2, 0) is 0 Å². The van der Waals surface area contributed by atoms with Gasteiger partial charge < -0.3 is 20.4 Å². The largest absolute Gasteiger partial charge is 0.349 e. The highest BCUT2D eigenvalue weighted by atomic mass is 32.2. The molecule has 0 atom stereocenters. The lowest BCUT2D eigenvalue weighted by Crippen LogP contribution is -2.45. The van der Waals surface area contributed by atoms with E-state index in [2.05, 4.69) is 42.7 Å². The minimum absolute atomic E-state index is 0.0161. The normalized spacial score (nSPS) is 18.5. The summed E-state index contributed by atoms with van der Waals surface area (Å²) in [5.74, 6) is 2.43. The fourth-order valence-corrected chi connectivity index (χ4v) is 4.73. The van der Waals surface area contributed by atoms with E-state index in [0.717, 1.165) is 49.6 Å². The fourth-order valence-electron chi connectivity index (χ4n) is 3.99. The Morgan fingerprint density at radius 2 is 1.80 bits per heavy atom. The molecule has 0 bridgehead atoms. The molecule has 3 N–H and O–H groups in total. The smallest absolute Gasteiger partial charge is 0.251 e. The standard InChI is InChI=1S/C24H29N9OS/c1-32-10-12-33(13-11-32)23-27-22(26-20-14-19(30-31-20)15-2-3-15)28-24(29-23)35-18-8-4-16(5-9-18)21(34)25-17-6-7-17/h4-5,8-9,14-15,17H,2-3,6-7,10-13H2,1H3,(H,25,34)(H2,26,27,28,29,30,31). The van der Waals surface area contributed by atoms with E-state index in [1.165, 1.54) is 24.6 Å². The van der Waals surface area contributed by atoms with Crippen LogP contribution in [0.3, 0.4) is 0 Å². The Hall–Kier alpha value is -3.18. The van der Waals surface area contributed by atoms with E-state index in [1.807, 2.05) is 30.3 Å². The second-order valence-electron chi connectivity index (χ2n) is 9.51. The molecule has 0 unspecified atom stereocenters. The predicted octanol–water partition coefficient (Wildman–Crippen LogP) is 3.01. The molecule has 1 amide bonds. The second-order valence-corrected chi connectivity index (χ2v) is 10.6. The molecule has 1 aromatic carbocycles. The van der Waals surface area contributed by atoms with Crippen molar-refractivity contribution in [1.29, 1.82) is 0 Å². The maximum absolute atomic E-state index is 12.3. The van der Waals surface area contributed by atoms with Gasteiger partial charge in [-0.05, 0) is 68.8 Å². The molecule has 3 aliphatic rings. The topological polar surface area (TPSA) is 115 Å². The van der Waals surface area contributed by atoms with E-state index in [-0.39, 0.29) is 5.91 Å². The third-order valence-electron chi connectivity index (χ3n) is 6.48. The van der Waals surface area contributed by atoms with Gasteiger partial charge in [-0.25, -0.2) is 0 Å². The van der Waals surface area contributed by atoms with Crippen molar-refractivity contribution >= 4 is 35.4 Å². The first-order valence-electron chi connectivity index (χ1n) is 12.2. The van der Waals surface area contributed by atoms with Crippen LogP contribution in [-0.4, -0.2) is 75.2 Å². The molecule has 10 nitrogen and oxygen atoms in total. The first-order valence-corrected chi connectivity index (χ1v) is 13.0. The molecule has 3 aromatic rings. The molecule has 3 heterocycles. The first-order chi connectivity index (χ1) is 17.1. The van der Waals surface area contributed by atoms with Gasteiger partial charge in [-0.15, -0.1) is 0 Å². The average molecular weight is 492 g/mol. The highest BCUT2D eigenvalue weighted by Crippen LogP contribution is 2.39. The van der Waals surface area contributed by atoms with Gasteiger partial charge in [0.25, 0.3) is 5.91 Å². The number of rotatable bonds is 8. The van der Waals surface area contributed by atoms with Gasteiger partial charge in [-0.2, -0.15) is 20.1 Å². The Morgan fingerprint density at radius 1 is 1.03 bits per heavy atom. The van der Waals surface area contributed by atoms with Gasteiger partial charge in [0.2, 0.25) is 11.9 Å². The Bertz CT molecular complexity index is 1200. The summed E-state index contributed by atoms with van der Waals surface area (Å²) in [6, 6.07) is 9.96. The zero-order chi connectivity index (χ0) is 23.8.